The van der Waals surface area contributed by atoms with E-state index >= 15 is 0 Å². The largest absolute Gasteiger partial charge is 0.376 e. The highest BCUT2D eigenvalue weighted by Crippen LogP contribution is 2.27. The van der Waals surface area contributed by atoms with Crippen molar-refractivity contribution in [2.24, 2.45) is 5.92 Å². The summed E-state index contributed by atoms with van der Waals surface area (Å²) in [7, 11) is 0.364. The number of anilines is 2. The number of para-hydroxylation sites is 2. The predicted molar refractivity (Wildman–Crippen MR) is 107 cm³/mol. The van der Waals surface area contributed by atoms with Crippen molar-refractivity contribution in [3.8, 4) is 0 Å². The van der Waals surface area contributed by atoms with Crippen molar-refractivity contribution in [3.63, 3.8) is 0 Å². The van der Waals surface area contributed by atoms with Crippen LogP contribution in [-0.2, 0) is 14.8 Å². The zero-order chi connectivity index (χ0) is 19.4. The average Bonchev–Trinajstić information content (AvgIpc) is 2.69. The number of benzene rings is 2. The lowest BCUT2D eigenvalue weighted by molar-refractivity contribution is -0.120. The third kappa shape index (κ3) is 4.31. The fourth-order valence-electron chi connectivity index (χ4n) is 3.30. The fraction of sp³-hybridized carbons (Fsp3) is 0.350. The number of rotatable bonds is 5. The van der Waals surface area contributed by atoms with Crippen molar-refractivity contribution in [1.29, 1.82) is 0 Å². The van der Waals surface area contributed by atoms with E-state index in [-0.39, 0.29) is 11.8 Å². The van der Waals surface area contributed by atoms with Crippen molar-refractivity contribution >= 4 is 27.3 Å². The Morgan fingerprint density at radius 3 is 2.22 bits per heavy atom. The van der Waals surface area contributed by atoms with Crippen LogP contribution in [0.25, 0.3) is 0 Å². The summed E-state index contributed by atoms with van der Waals surface area (Å²) in [5, 5.41) is 3.00. The van der Waals surface area contributed by atoms with E-state index in [1.807, 2.05) is 43.3 Å². The Kier molecular flexibility index (Phi) is 5.82. The second kappa shape index (κ2) is 8.10. The van der Waals surface area contributed by atoms with E-state index < -0.39 is 10.0 Å². The first-order valence-corrected chi connectivity index (χ1v) is 10.5. The van der Waals surface area contributed by atoms with Gasteiger partial charge in [0.1, 0.15) is 0 Å². The van der Waals surface area contributed by atoms with E-state index in [2.05, 4.69) is 5.32 Å². The normalized spacial score (nSPS) is 16.1. The number of amides is 1. The van der Waals surface area contributed by atoms with Gasteiger partial charge in [-0.05, 0) is 37.1 Å². The van der Waals surface area contributed by atoms with Crippen molar-refractivity contribution in [2.45, 2.75) is 17.7 Å². The molecule has 2 aromatic carbocycles. The average molecular weight is 388 g/mol. The highest BCUT2D eigenvalue weighted by atomic mass is 32.2. The van der Waals surface area contributed by atoms with Gasteiger partial charge < -0.3 is 10.2 Å². The van der Waals surface area contributed by atoms with Gasteiger partial charge in [-0.3, -0.25) is 4.79 Å². The van der Waals surface area contributed by atoms with Gasteiger partial charge in [0.15, 0.2) is 0 Å². The summed E-state index contributed by atoms with van der Waals surface area (Å²) in [6, 6.07) is 16.1. The lowest BCUT2D eigenvalue weighted by Crippen LogP contribution is -2.41. The zero-order valence-corrected chi connectivity index (χ0v) is 16.4. The first-order chi connectivity index (χ1) is 12.9. The number of piperidine rings is 1. The second-order valence-corrected chi connectivity index (χ2v) is 8.83. The van der Waals surface area contributed by atoms with Crippen molar-refractivity contribution < 1.29 is 13.2 Å². The summed E-state index contributed by atoms with van der Waals surface area (Å²) in [4.78, 5) is 14.9. The summed E-state index contributed by atoms with van der Waals surface area (Å²) < 4.78 is 26.9. The molecule has 3 rings (SSSR count). The third-order valence-corrected chi connectivity index (χ3v) is 6.76. The molecule has 1 fully saturated rings. The molecule has 144 valence electrons. The Balaban J connectivity index is 1.63. The molecule has 0 saturated carbocycles. The van der Waals surface area contributed by atoms with Gasteiger partial charge in [0.2, 0.25) is 15.9 Å². The number of carbonyl (C=O) groups is 1. The summed E-state index contributed by atoms with van der Waals surface area (Å²) in [5.41, 5.74) is 1.71. The summed E-state index contributed by atoms with van der Waals surface area (Å²) in [5.74, 6) is -0.247. The standard InChI is InChI=1S/C20H25N3O3S/c1-22(2)19-11-7-6-10-18(19)21-20(24)16-12-14-23(15-13-16)27(25,26)17-8-4-3-5-9-17/h3-11,16H,12-15H2,1-2H3,(H,21,24). The molecule has 1 aliphatic rings. The molecule has 1 aliphatic heterocycles. The molecule has 0 radical (unpaired) electrons. The highest BCUT2D eigenvalue weighted by molar-refractivity contribution is 7.89. The molecule has 1 heterocycles. The molecule has 0 aliphatic carbocycles. The quantitative estimate of drug-likeness (QED) is 0.857. The van der Waals surface area contributed by atoms with E-state index in [4.69, 9.17) is 0 Å². The number of nitrogens with zero attached hydrogens (tertiary/aromatic N) is 2. The summed E-state index contributed by atoms with van der Waals surface area (Å²) in [6.45, 7) is 0.704. The molecule has 0 unspecified atom stereocenters. The van der Waals surface area contributed by atoms with Crippen molar-refractivity contribution in [3.05, 3.63) is 54.6 Å². The van der Waals surface area contributed by atoms with E-state index in [0.717, 1.165) is 11.4 Å². The molecule has 7 heteroatoms. The smallest absolute Gasteiger partial charge is 0.243 e. The van der Waals surface area contributed by atoms with Crippen LogP contribution in [0.2, 0.25) is 0 Å². The predicted octanol–water partition coefficient (Wildman–Crippen LogP) is 2.79. The zero-order valence-electron chi connectivity index (χ0n) is 15.6. The van der Waals surface area contributed by atoms with Crippen molar-refractivity contribution in [2.75, 3.05) is 37.4 Å². The molecular weight excluding hydrogens is 362 g/mol. The van der Waals surface area contributed by atoms with Crippen LogP contribution < -0.4 is 10.2 Å². The first-order valence-electron chi connectivity index (χ1n) is 9.02. The third-order valence-electron chi connectivity index (χ3n) is 4.85. The van der Waals surface area contributed by atoms with Crippen LogP contribution in [0.15, 0.2) is 59.5 Å². The molecule has 1 N–H and O–H groups in total. The number of hydrogen-bond acceptors (Lipinski definition) is 4. The lowest BCUT2D eigenvalue weighted by atomic mass is 9.97. The van der Waals surface area contributed by atoms with Gasteiger partial charge in [-0.15, -0.1) is 0 Å². The molecule has 0 aromatic heterocycles. The summed E-state index contributed by atoms with van der Waals surface area (Å²) >= 11 is 0. The maximum absolute atomic E-state index is 12.7. The molecule has 2 aromatic rings. The van der Waals surface area contributed by atoms with Crippen LogP contribution in [0.5, 0.6) is 0 Å². The Morgan fingerprint density at radius 1 is 1.00 bits per heavy atom. The monoisotopic (exact) mass is 387 g/mol. The second-order valence-electron chi connectivity index (χ2n) is 6.89. The molecule has 0 bridgehead atoms. The van der Waals surface area contributed by atoms with Crippen LogP contribution >= 0.6 is 0 Å². The maximum atomic E-state index is 12.7. The van der Waals surface area contributed by atoms with Crippen LogP contribution in [0.3, 0.4) is 0 Å². The van der Waals surface area contributed by atoms with E-state index in [1.165, 1.54) is 4.31 Å². The molecule has 1 amide bonds. The minimum atomic E-state index is -3.49. The SMILES string of the molecule is CN(C)c1ccccc1NC(=O)C1CCN(S(=O)(=O)c2ccccc2)CC1. The number of sulfonamides is 1. The minimum absolute atomic E-state index is 0.0546. The first kappa shape index (κ1) is 19.4. The number of nitrogens with one attached hydrogen (secondary N) is 1. The molecule has 0 spiro atoms. The molecule has 27 heavy (non-hydrogen) atoms. The van der Waals surface area contributed by atoms with Crippen LogP contribution in [0, 0.1) is 5.92 Å². The Bertz CT molecular complexity index is 890. The molecule has 0 atom stereocenters. The topological polar surface area (TPSA) is 69.7 Å². The van der Waals surface area contributed by atoms with Gasteiger partial charge in [0.05, 0.1) is 16.3 Å². The maximum Gasteiger partial charge on any atom is 0.243 e. The number of carbonyl (C=O) groups excluding carboxylic acids is 1. The Labute approximate surface area is 160 Å². The van der Waals surface area contributed by atoms with E-state index in [1.54, 1.807) is 30.3 Å². The van der Waals surface area contributed by atoms with Crippen LogP contribution in [-0.4, -0.2) is 45.8 Å². The van der Waals surface area contributed by atoms with Gasteiger partial charge in [-0.1, -0.05) is 30.3 Å². The van der Waals surface area contributed by atoms with E-state index in [9.17, 15) is 13.2 Å². The van der Waals surface area contributed by atoms with Gasteiger partial charge in [-0.2, -0.15) is 4.31 Å². The van der Waals surface area contributed by atoms with Crippen LogP contribution in [0.4, 0.5) is 11.4 Å². The molecular formula is C20H25N3O3S. The van der Waals surface area contributed by atoms with E-state index in [0.29, 0.717) is 30.8 Å². The lowest BCUT2D eigenvalue weighted by Gasteiger charge is -2.30. The van der Waals surface area contributed by atoms with Gasteiger partial charge in [0, 0.05) is 33.1 Å². The Morgan fingerprint density at radius 2 is 1.59 bits per heavy atom. The van der Waals surface area contributed by atoms with Gasteiger partial charge in [0.25, 0.3) is 0 Å². The number of hydrogen-bond donors (Lipinski definition) is 1. The molecule has 1 saturated heterocycles. The minimum Gasteiger partial charge on any atom is -0.376 e. The molecule has 6 nitrogen and oxygen atoms in total. The fourth-order valence-corrected chi connectivity index (χ4v) is 4.79. The van der Waals surface area contributed by atoms with Gasteiger partial charge in [-0.25, -0.2) is 8.42 Å². The summed E-state index contributed by atoms with van der Waals surface area (Å²) in [6.07, 6.45) is 1.03. The van der Waals surface area contributed by atoms with Crippen LogP contribution in [0.1, 0.15) is 12.8 Å². The Hall–Kier alpha value is -2.38. The highest BCUT2D eigenvalue weighted by Gasteiger charge is 2.32. The van der Waals surface area contributed by atoms with Gasteiger partial charge >= 0.3 is 0 Å². The van der Waals surface area contributed by atoms with Crippen molar-refractivity contribution in [1.82, 2.24) is 4.31 Å².